The lowest BCUT2D eigenvalue weighted by Gasteiger charge is -2.23. The molecule has 1 atom stereocenters. The average molecular weight is 268 g/mol. The van der Waals surface area contributed by atoms with Crippen LogP contribution in [0.3, 0.4) is 0 Å². The summed E-state index contributed by atoms with van der Waals surface area (Å²) in [5, 5.41) is 12.4. The number of hydrogen-bond acceptors (Lipinski definition) is 5. The maximum Gasteiger partial charge on any atom is 0.305 e. The van der Waals surface area contributed by atoms with Crippen molar-refractivity contribution < 1.29 is 24.0 Å². The normalized spacial score (nSPS) is 18.6. The second-order valence-electron chi connectivity index (χ2n) is 4.55. The number of rotatable bonds is 5. The van der Waals surface area contributed by atoms with Crippen LogP contribution < -0.4 is 4.74 Å². The first-order valence-electron chi connectivity index (χ1n) is 6.13. The Bertz CT molecular complexity index is 470. The lowest BCUT2D eigenvalue weighted by atomic mass is 10.1. The van der Waals surface area contributed by atoms with E-state index in [1.165, 1.54) is 0 Å². The lowest BCUT2D eigenvalue weighted by Crippen LogP contribution is -2.39. The number of amides is 1. The average Bonchev–Trinajstić information content (AvgIpc) is 2.94. The molecule has 0 bridgehead atoms. The van der Waals surface area contributed by atoms with Gasteiger partial charge < -0.3 is 19.3 Å². The minimum atomic E-state index is -0.891. The van der Waals surface area contributed by atoms with Gasteiger partial charge in [0.2, 0.25) is 0 Å². The molecular weight excluding hydrogens is 252 g/mol. The van der Waals surface area contributed by atoms with Crippen LogP contribution in [0.4, 0.5) is 0 Å². The maximum absolute atomic E-state index is 12.0. The van der Waals surface area contributed by atoms with Crippen LogP contribution in [0.1, 0.15) is 25.0 Å². The molecule has 1 saturated heterocycles. The molecular formula is C12H16N2O5. The van der Waals surface area contributed by atoms with Crippen LogP contribution in [-0.4, -0.2) is 46.2 Å². The summed E-state index contributed by atoms with van der Waals surface area (Å²) in [5.41, 5.74) is 0. The molecule has 7 nitrogen and oxygen atoms in total. The van der Waals surface area contributed by atoms with Crippen LogP contribution in [0.5, 0.6) is 5.88 Å². The number of aromatic nitrogens is 1. The van der Waals surface area contributed by atoms with E-state index in [2.05, 4.69) is 5.16 Å². The molecule has 1 fully saturated rings. The fourth-order valence-electron chi connectivity index (χ4n) is 2.21. The van der Waals surface area contributed by atoms with Gasteiger partial charge in [0.25, 0.3) is 11.8 Å². The smallest absolute Gasteiger partial charge is 0.305 e. The quantitative estimate of drug-likeness (QED) is 0.850. The van der Waals surface area contributed by atoms with E-state index in [-0.39, 0.29) is 30.9 Å². The highest BCUT2D eigenvalue weighted by Gasteiger charge is 2.30. The number of carboxylic acids is 1. The van der Waals surface area contributed by atoms with Gasteiger partial charge in [0, 0.05) is 18.7 Å². The van der Waals surface area contributed by atoms with E-state index in [1.807, 2.05) is 0 Å². The van der Waals surface area contributed by atoms with Gasteiger partial charge >= 0.3 is 5.97 Å². The molecule has 19 heavy (non-hydrogen) atoms. The number of carbonyl (C=O) groups excluding carboxylic acids is 1. The Hall–Kier alpha value is -2.05. The molecule has 1 amide bonds. The zero-order valence-electron chi connectivity index (χ0n) is 10.7. The van der Waals surface area contributed by atoms with E-state index >= 15 is 0 Å². The SMILES string of the molecule is Cc1cc(OCC(=O)N2CCCC2CC(=O)O)no1. The number of carbonyl (C=O) groups is 2. The van der Waals surface area contributed by atoms with E-state index in [4.69, 9.17) is 14.4 Å². The van der Waals surface area contributed by atoms with Crippen molar-refractivity contribution in [2.45, 2.75) is 32.2 Å². The molecule has 1 N–H and O–H groups in total. The Balaban J connectivity index is 1.86. The minimum absolute atomic E-state index is 0.0190. The third kappa shape index (κ3) is 3.46. The van der Waals surface area contributed by atoms with Gasteiger partial charge in [-0.05, 0) is 24.9 Å². The number of aliphatic carboxylic acids is 1. The Morgan fingerprint density at radius 3 is 3.05 bits per heavy atom. The van der Waals surface area contributed by atoms with E-state index in [9.17, 15) is 9.59 Å². The molecule has 0 radical (unpaired) electrons. The molecule has 0 spiro atoms. The first kappa shape index (κ1) is 13.4. The van der Waals surface area contributed by atoms with Crippen molar-refractivity contribution in [1.29, 1.82) is 0 Å². The summed E-state index contributed by atoms with van der Waals surface area (Å²) in [6.45, 7) is 2.16. The van der Waals surface area contributed by atoms with Crippen LogP contribution in [0.2, 0.25) is 0 Å². The fraction of sp³-hybridized carbons (Fsp3) is 0.583. The molecule has 0 saturated carbocycles. The fourth-order valence-corrected chi connectivity index (χ4v) is 2.21. The molecule has 104 valence electrons. The van der Waals surface area contributed by atoms with Crippen molar-refractivity contribution in [3.8, 4) is 5.88 Å². The molecule has 1 aliphatic heterocycles. The van der Waals surface area contributed by atoms with E-state index in [1.54, 1.807) is 17.9 Å². The van der Waals surface area contributed by atoms with Gasteiger partial charge in [0.1, 0.15) is 5.76 Å². The molecule has 0 aliphatic carbocycles. The summed E-state index contributed by atoms with van der Waals surface area (Å²) >= 11 is 0. The van der Waals surface area contributed by atoms with Crippen LogP contribution in [0.25, 0.3) is 0 Å². The molecule has 1 aromatic rings. The van der Waals surface area contributed by atoms with Gasteiger partial charge in [-0.15, -0.1) is 0 Å². The van der Waals surface area contributed by atoms with Gasteiger partial charge in [-0.3, -0.25) is 9.59 Å². The van der Waals surface area contributed by atoms with E-state index in [0.717, 1.165) is 12.8 Å². The summed E-state index contributed by atoms with van der Waals surface area (Å²) in [7, 11) is 0. The number of likely N-dealkylation sites (tertiary alicyclic amines) is 1. The number of carboxylic acid groups (broad SMARTS) is 1. The third-order valence-corrected chi connectivity index (χ3v) is 3.06. The first-order valence-corrected chi connectivity index (χ1v) is 6.13. The summed E-state index contributed by atoms with van der Waals surface area (Å²) in [5.74, 6) is -0.241. The van der Waals surface area contributed by atoms with Crippen molar-refractivity contribution in [3.63, 3.8) is 0 Å². The van der Waals surface area contributed by atoms with Crippen LogP contribution in [0, 0.1) is 6.92 Å². The molecule has 1 aliphatic rings. The summed E-state index contributed by atoms with van der Waals surface area (Å²) < 4.78 is 10.0. The van der Waals surface area contributed by atoms with Crippen molar-refractivity contribution in [2.24, 2.45) is 0 Å². The Labute approximate surface area is 110 Å². The van der Waals surface area contributed by atoms with Crippen LogP contribution >= 0.6 is 0 Å². The van der Waals surface area contributed by atoms with Crippen molar-refractivity contribution in [3.05, 3.63) is 11.8 Å². The zero-order chi connectivity index (χ0) is 13.8. The molecule has 1 unspecified atom stereocenters. The van der Waals surface area contributed by atoms with Gasteiger partial charge in [-0.25, -0.2) is 0 Å². The highest BCUT2D eigenvalue weighted by atomic mass is 16.5. The topological polar surface area (TPSA) is 92.9 Å². The number of ether oxygens (including phenoxy) is 1. The van der Waals surface area contributed by atoms with Crippen LogP contribution in [-0.2, 0) is 9.59 Å². The van der Waals surface area contributed by atoms with Gasteiger partial charge in [0.05, 0.1) is 6.42 Å². The van der Waals surface area contributed by atoms with Crippen LogP contribution in [0.15, 0.2) is 10.6 Å². The highest BCUT2D eigenvalue weighted by Crippen LogP contribution is 2.20. The standard InChI is InChI=1S/C12H16N2O5/c1-8-5-10(13-19-8)18-7-11(15)14-4-2-3-9(14)6-12(16)17/h5,9H,2-4,6-7H2,1H3,(H,16,17). The molecule has 0 aromatic carbocycles. The van der Waals surface area contributed by atoms with Gasteiger partial charge in [0.15, 0.2) is 6.61 Å². The monoisotopic (exact) mass is 268 g/mol. The maximum atomic E-state index is 12.0. The highest BCUT2D eigenvalue weighted by molar-refractivity contribution is 5.79. The largest absolute Gasteiger partial charge is 0.481 e. The van der Waals surface area contributed by atoms with E-state index in [0.29, 0.717) is 12.3 Å². The third-order valence-electron chi connectivity index (χ3n) is 3.06. The van der Waals surface area contributed by atoms with Crippen molar-refractivity contribution >= 4 is 11.9 Å². The Kier molecular flexibility index (Phi) is 4.03. The number of hydrogen-bond donors (Lipinski definition) is 1. The number of nitrogens with zero attached hydrogens (tertiary/aromatic N) is 2. The molecule has 2 rings (SSSR count). The second kappa shape index (κ2) is 5.73. The van der Waals surface area contributed by atoms with Crippen molar-refractivity contribution in [2.75, 3.05) is 13.2 Å². The molecule has 2 heterocycles. The zero-order valence-corrected chi connectivity index (χ0v) is 10.7. The predicted octanol–water partition coefficient (Wildman–Crippen LogP) is 0.828. The first-order chi connectivity index (χ1) is 9.06. The van der Waals surface area contributed by atoms with Crippen molar-refractivity contribution in [1.82, 2.24) is 10.1 Å². The van der Waals surface area contributed by atoms with E-state index < -0.39 is 5.97 Å². The second-order valence-corrected chi connectivity index (χ2v) is 4.55. The molecule has 7 heteroatoms. The number of aryl methyl sites for hydroxylation is 1. The lowest BCUT2D eigenvalue weighted by molar-refractivity contribution is -0.140. The summed E-state index contributed by atoms with van der Waals surface area (Å²) in [6.07, 6.45) is 1.53. The van der Waals surface area contributed by atoms with Gasteiger partial charge in [-0.1, -0.05) is 0 Å². The summed E-state index contributed by atoms with van der Waals surface area (Å²) in [6, 6.07) is 1.36. The minimum Gasteiger partial charge on any atom is -0.481 e. The predicted molar refractivity (Wildman–Crippen MR) is 63.7 cm³/mol. The van der Waals surface area contributed by atoms with Gasteiger partial charge in [-0.2, -0.15) is 0 Å². The summed E-state index contributed by atoms with van der Waals surface area (Å²) in [4.78, 5) is 24.3. The Morgan fingerprint density at radius 1 is 1.63 bits per heavy atom. The Morgan fingerprint density at radius 2 is 2.42 bits per heavy atom. The molecule has 1 aromatic heterocycles.